The van der Waals surface area contributed by atoms with Crippen LogP contribution >= 0.6 is 0 Å². The highest BCUT2D eigenvalue weighted by Gasteiger charge is 2.26. The summed E-state index contributed by atoms with van der Waals surface area (Å²) in [5.41, 5.74) is 4.93. The van der Waals surface area contributed by atoms with Crippen LogP contribution in [0.15, 0.2) is 78.9 Å². The van der Waals surface area contributed by atoms with Gasteiger partial charge in [0.25, 0.3) is 5.91 Å². The maximum absolute atomic E-state index is 12.9. The molecule has 0 radical (unpaired) electrons. The standard InChI is InChI=1S/C27H27NO3/c1-19(26(29)28-25-17-9-14-21-12-5-7-15-23(21)25)31-27(30)24-16-8-6-13-22(24)18-20-10-3-2-4-11-20/h2-8,10-13,15-16,19,25H,9,14,17-18H2,1H3,(H,28,29)/t19-,25+/m1/s1. The van der Waals surface area contributed by atoms with E-state index in [0.717, 1.165) is 36.0 Å². The predicted octanol–water partition coefficient (Wildman–Crippen LogP) is 5.02. The lowest BCUT2D eigenvalue weighted by Gasteiger charge is -2.27. The van der Waals surface area contributed by atoms with Crippen molar-refractivity contribution in [3.63, 3.8) is 0 Å². The van der Waals surface area contributed by atoms with Gasteiger partial charge in [-0.25, -0.2) is 4.79 Å². The van der Waals surface area contributed by atoms with Crippen LogP contribution in [0.5, 0.6) is 0 Å². The van der Waals surface area contributed by atoms with Crippen LogP contribution in [0.25, 0.3) is 0 Å². The van der Waals surface area contributed by atoms with E-state index in [0.29, 0.717) is 12.0 Å². The number of benzene rings is 3. The highest BCUT2D eigenvalue weighted by atomic mass is 16.5. The smallest absolute Gasteiger partial charge is 0.339 e. The van der Waals surface area contributed by atoms with Crippen LogP contribution in [0.3, 0.4) is 0 Å². The number of esters is 1. The van der Waals surface area contributed by atoms with Crippen molar-refractivity contribution in [1.82, 2.24) is 5.32 Å². The summed E-state index contributed by atoms with van der Waals surface area (Å²) < 4.78 is 5.56. The number of aryl methyl sites for hydroxylation is 1. The van der Waals surface area contributed by atoms with Gasteiger partial charge in [-0.3, -0.25) is 4.79 Å². The predicted molar refractivity (Wildman–Crippen MR) is 121 cm³/mol. The number of hydrogen-bond donors (Lipinski definition) is 1. The molecule has 0 fully saturated rings. The Morgan fingerprint density at radius 1 is 0.968 bits per heavy atom. The van der Waals surface area contributed by atoms with Crippen molar-refractivity contribution in [2.45, 2.75) is 44.8 Å². The minimum Gasteiger partial charge on any atom is -0.449 e. The molecule has 4 rings (SSSR count). The molecule has 0 aliphatic heterocycles. The van der Waals surface area contributed by atoms with Crippen LogP contribution in [-0.2, 0) is 22.4 Å². The third-order valence-corrected chi connectivity index (χ3v) is 5.81. The van der Waals surface area contributed by atoms with Crippen molar-refractivity contribution in [1.29, 1.82) is 0 Å². The summed E-state index contributed by atoms with van der Waals surface area (Å²) >= 11 is 0. The van der Waals surface area contributed by atoms with Crippen LogP contribution in [-0.4, -0.2) is 18.0 Å². The van der Waals surface area contributed by atoms with Gasteiger partial charge in [-0.05, 0) is 60.9 Å². The van der Waals surface area contributed by atoms with E-state index < -0.39 is 12.1 Å². The zero-order valence-corrected chi connectivity index (χ0v) is 17.7. The first kappa shape index (κ1) is 20.9. The molecule has 1 amide bonds. The topological polar surface area (TPSA) is 55.4 Å². The van der Waals surface area contributed by atoms with Crippen LogP contribution < -0.4 is 5.32 Å². The number of amides is 1. The molecule has 1 aliphatic rings. The summed E-state index contributed by atoms with van der Waals surface area (Å²) in [7, 11) is 0. The largest absolute Gasteiger partial charge is 0.449 e. The van der Waals surface area contributed by atoms with E-state index in [1.54, 1.807) is 13.0 Å². The van der Waals surface area contributed by atoms with Gasteiger partial charge in [0, 0.05) is 0 Å². The lowest BCUT2D eigenvalue weighted by atomic mass is 9.87. The molecule has 1 aliphatic carbocycles. The molecule has 4 heteroatoms. The summed E-state index contributed by atoms with van der Waals surface area (Å²) in [5.74, 6) is -0.742. The molecule has 0 unspecified atom stereocenters. The zero-order chi connectivity index (χ0) is 21.6. The lowest BCUT2D eigenvalue weighted by molar-refractivity contribution is -0.130. The molecule has 31 heavy (non-hydrogen) atoms. The van der Waals surface area contributed by atoms with Gasteiger partial charge in [0.05, 0.1) is 11.6 Å². The van der Waals surface area contributed by atoms with Gasteiger partial charge < -0.3 is 10.1 Å². The molecule has 2 atom stereocenters. The molecule has 0 saturated heterocycles. The lowest BCUT2D eigenvalue weighted by Crippen LogP contribution is -2.39. The van der Waals surface area contributed by atoms with Gasteiger partial charge in [0.2, 0.25) is 0 Å². The van der Waals surface area contributed by atoms with Crippen molar-refractivity contribution in [3.8, 4) is 0 Å². The van der Waals surface area contributed by atoms with Gasteiger partial charge >= 0.3 is 5.97 Å². The van der Waals surface area contributed by atoms with E-state index >= 15 is 0 Å². The van der Waals surface area contributed by atoms with Gasteiger partial charge in [0.1, 0.15) is 0 Å². The second kappa shape index (κ2) is 9.61. The second-order valence-corrected chi connectivity index (χ2v) is 8.02. The molecule has 158 valence electrons. The minimum absolute atomic E-state index is 0.0380. The van der Waals surface area contributed by atoms with Gasteiger partial charge in [-0.15, -0.1) is 0 Å². The highest BCUT2D eigenvalue weighted by Crippen LogP contribution is 2.29. The van der Waals surface area contributed by atoms with Crippen LogP contribution in [0.1, 0.15) is 58.4 Å². The number of nitrogens with one attached hydrogen (secondary N) is 1. The third kappa shape index (κ3) is 5.02. The normalized spacial score (nSPS) is 16.1. The maximum Gasteiger partial charge on any atom is 0.339 e. The molecule has 0 spiro atoms. The van der Waals surface area contributed by atoms with Crippen molar-refractivity contribution in [2.24, 2.45) is 0 Å². The molecule has 0 saturated carbocycles. The molecular formula is C27H27NO3. The summed E-state index contributed by atoms with van der Waals surface area (Å²) in [6.45, 7) is 1.63. The monoisotopic (exact) mass is 413 g/mol. The summed E-state index contributed by atoms with van der Waals surface area (Å²) in [6.07, 6.45) is 2.72. The summed E-state index contributed by atoms with van der Waals surface area (Å²) in [4.78, 5) is 25.6. The minimum atomic E-state index is -0.869. The third-order valence-electron chi connectivity index (χ3n) is 5.81. The molecule has 3 aromatic rings. The second-order valence-electron chi connectivity index (χ2n) is 8.02. The van der Waals surface area contributed by atoms with Crippen molar-refractivity contribution >= 4 is 11.9 Å². The quantitative estimate of drug-likeness (QED) is 0.578. The molecular weight excluding hydrogens is 386 g/mol. The Balaban J connectivity index is 1.42. The van der Waals surface area contributed by atoms with Crippen molar-refractivity contribution in [3.05, 3.63) is 107 Å². The molecule has 0 bridgehead atoms. The Kier molecular flexibility index (Phi) is 6.46. The van der Waals surface area contributed by atoms with Gasteiger partial charge in [-0.2, -0.15) is 0 Å². The van der Waals surface area contributed by atoms with Crippen LogP contribution in [0.2, 0.25) is 0 Å². The van der Waals surface area contributed by atoms with E-state index in [4.69, 9.17) is 4.74 Å². The van der Waals surface area contributed by atoms with E-state index in [2.05, 4.69) is 17.4 Å². The Bertz CT molecular complexity index is 1060. The first-order valence-corrected chi connectivity index (χ1v) is 10.8. The average molecular weight is 414 g/mol. The van der Waals surface area contributed by atoms with Crippen molar-refractivity contribution < 1.29 is 14.3 Å². The average Bonchev–Trinajstić information content (AvgIpc) is 2.80. The van der Waals surface area contributed by atoms with Crippen LogP contribution in [0.4, 0.5) is 0 Å². The molecule has 1 N–H and O–H groups in total. The fourth-order valence-electron chi connectivity index (χ4n) is 4.16. The summed E-state index contributed by atoms with van der Waals surface area (Å²) in [5, 5.41) is 3.07. The Labute approximate surface area is 183 Å². The maximum atomic E-state index is 12.9. The highest BCUT2D eigenvalue weighted by molar-refractivity contribution is 5.93. The van der Waals surface area contributed by atoms with E-state index in [1.807, 2.05) is 60.7 Å². The Morgan fingerprint density at radius 2 is 1.68 bits per heavy atom. The SMILES string of the molecule is C[C@@H](OC(=O)c1ccccc1Cc1ccccc1)C(=O)N[C@H]1CCCc2ccccc21. The fourth-order valence-corrected chi connectivity index (χ4v) is 4.16. The zero-order valence-electron chi connectivity index (χ0n) is 17.7. The number of ether oxygens (including phenoxy) is 1. The van der Waals surface area contributed by atoms with Gasteiger partial charge in [-0.1, -0.05) is 72.8 Å². The number of carbonyl (C=O) groups is 2. The van der Waals surface area contributed by atoms with Crippen LogP contribution in [0, 0.1) is 0 Å². The fraction of sp³-hybridized carbons (Fsp3) is 0.259. The Hall–Kier alpha value is -3.40. The molecule has 3 aromatic carbocycles. The molecule has 0 heterocycles. The summed E-state index contributed by atoms with van der Waals surface area (Å²) in [6, 6.07) is 25.5. The number of hydrogen-bond acceptors (Lipinski definition) is 3. The van der Waals surface area contributed by atoms with Gasteiger partial charge in [0.15, 0.2) is 6.10 Å². The number of fused-ring (bicyclic) bond motifs is 1. The number of rotatable bonds is 6. The molecule has 4 nitrogen and oxygen atoms in total. The first-order chi connectivity index (χ1) is 15.1. The van der Waals surface area contributed by atoms with E-state index in [1.165, 1.54) is 5.56 Å². The van der Waals surface area contributed by atoms with Crippen molar-refractivity contribution in [2.75, 3.05) is 0 Å². The van der Waals surface area contributed by atoms with E-state index in [9.17, 15) is 9.59 Å². The first-order valence-electron chi connectivity index (χ1n) is 10.8. The Morgan fingerprint density at radius 3 is 2.52 bits per heavy atom. The molecule has 0 aromatic heterocycles. The van der Waals surface area contributed by atoms with E-state index in [-0.39, 0.29) is 11.9 Å². The number of carbonyl (C=O) groups excluding carboxylic acids is 2.